The molecule has 5 aromatic rings. The molecule has 0 radical (unpaired) electrons. The number of ether oxygens (including phenoxy) is 3. The van der Waals surface area contributed by atoms with E-state index < -0.39 is 0 Å². The maximum atomic E-state index is 9.80. The summed E-state index contributed by atoms with van der Waals surface area (Å²) in [5, 5.41) is 19.6. The van der Waals surface area contributed by atoms with Crippen LogP contribution in [0.5, 0.6) is 17.2 Å². The number of aliphatic hydroxyl groups is 1. The van der Waals surface area contributed by atoms with Crippen molar-refractivity contribution in [2.24, 2.45) is 0 Å². The number of nitriles is 1. The maximum Gasteiger partial charge on any atom is 0.180 e. The summed E-state index contributed by atoms with van der Waals surface area (Å²) in [6.45, 7) is 9.08. The quantitative estimate of drug-likeness (QED) is 0.103. The van der Waals surface area contributed by atoms with Crippen LogP contribution in [0.4, 0.5) is 0 Å². The zero-order valence-corrected chi connectivity index (χ0v) is 30.6. The molecule has 0 unspecified atom stereocenters. The van der Waals surface area contributed by atoms with Crippen LogP contribution in [-0.4, -0.2) is 64.3 Å². The van der Waals surface area contributed by atoms with Crippen LogP contribution < -0.4 is 14.2 Å². The molecule has 0 spiro atoms. The van der Waals surface area contributed by atoms with Gasteiger partial charge >= 0.3 is 0 Å². The highest BCUT2D eigenvalue weighted by Gasteiger charge is 2.20. The Morgan fingerprint density at radius 3 is 2.54 bits per heavy atom. The van der Waals surface area contributed by atoms with E-state index in [1.165, 1.54) is 12.6 Å². The Labute approximate surface area is 310 Å². The second-order valence-electron chi connectivity index (χ2n) is 13.3. The predicted octanol–water partition coefficient (Wildman–Crippen LogP) is 7.50. The molecule has 2 aromatic heterocycles. The topological polar surface area (TPSA) is 117 Å². The first-order valence-corrected chi connectivity index (χ1v) is 17.8. The third-order valence-electron chi connectivity index (χ3n) is 9.32. The Kier molecular flexibility index (Phi) is 12.4. The van der Waals surface area contributed by atoms with Crippen molar-refractivity contribution in [3.63, 3.8) is 0 Å². The molecule has 1 N–H and O–H groups in total. The number of aromatic nitrogens is 2. The zero-order chi connectivity index (χ0) is 36.5. The largest absolute Gasteiger partial charge is 0.493 e. The summed E-state index contributed by atoms with van der Waals surface area (Å²) >= 11 is 6.85. The lowest BCUT2D eigenvalue weighted by Gasteiger charge is -2.20. The zero-order valence-electron chi connectivity index (χ0n) is 29.8. The Hall–Kier alpha value is -4.92. The minimum atomic E-state index is -0.203. The standard InChI is InChI=1S/C41H44ClN5O5/c1-28-32(7-4-8-36(28)37-9-5-10-39(29(37)2)50-14-6-12-47-13-11-35(48)23-47)25-52-41-17-40(51-24-31-15-30(18-43)19-44-20-31)33(16-38(41)42)21-46(3)22-34-26-49-27-45-34/h4-5,7-10,15-17,19-20,26-27,35,48H,6,11-14,21-25H2,1-3H3/t35-/m1/s1. The van der Waals surface area contributed by atoms with E-state index >= 15 is 0 Å². The van der Waals surface area contributed by atoms with E-state index in [1.54, 1.807) is 18.5 Å². The highest BCUT2D eigenvalue weighted by Crippen LogP contribution is 2.37. The van der Waals surface area contributed by atoms with Crippen LogP contribution >= 0.6 is 11.6 Å². The van der Waals surface area contributed by atoms with Gasteiger partial charge in [0.05, 0.1) is 29.0 Å². The van der Waals surface area contributed by atoms with Gasteiger partial charge < -0.3 is 28.6 Å². The molecule has 270 valence electrons. The van der Waals surface area contributed by atoms with E-state index in [9.17, 15) is 10.4 Å². The normalized spacial score (nSPS) is 14.4. The molecule has 0 aliphatic carbocycles. The second kappa shape index (κ2) is 17.5. The fraction of sp³-hybridized carbons (Fsp3) is 0.341. The lowest BCUT2D eigenvalue weighted by atomic mass is 9.93. The fourth-order valence-corrected chi connectivity index (χ4v) is 6.75. The van der Waals surface area contributed by atoms with E-state index in [-0.39, 0.29) is 12.7 Å². The summed E-state index contributed by atoms with van der Waals surface area (Å²) in [6.07, 6.45) is 7.81. The lowest BCUT2D eigenvalue weighted by Crippen LogP contribution is -2.24. The molecule has 0 bridgehead atoms. The highest BCUT2D eigenvalue weighted by atomic mass is 35.5. The average Bonchev–Trinajstić information content (AvgIpc) is 3.82. The fourth-order valence-electron chi connectivity index (χ4n) is 6.51. The van der Waals surface area contributed by atoms with Gasteiger partial charge in [0.2, 0.25) is 0 Å². The molecule has 11 heteroatoms. The monoisotopic (exact) mass is 721 g/mol. The number of pyridine rings is 1. The van der Waals surface area contributed by atoms with Crippen LogP contribution in [0.15, 0.2) is 84.1 Å². The van der Waals surface area contributed by atoms with E-state index in [0.29, 0.717) is 48.4 Å². The van der Waals surface area contributed by atoms with Crippen molar-refractivity contribution < 1.29 is 23.7 Å². The minimum absolute atomic E-state index is 0.203. The van der Waals surface area contributed by atoms with Gasteiger partial charge in [0.25, 0.3) is 0 Å². The molecule has 1 atom stereocenters. The number of nitrogens with zero attached hydrogens (tertiary/aromatic N) is 5. The van der Waals surface area contributed by atoms with E-state index in [2.05, 4.69) is 57.9 Å². The van der Waals surface area contributed by atoms with Gasteiger partial charge in [-0.15, -0.1) is 0 Å². The van der Waals surface area contributed by atoms with Crippen molar-refractivity contribution in [1.29, 1.82) is 5.26 Å². The molecule has 1 aliphatic rings. The molecule has 6 rings (SSSR count). The number of benzene rings is 3. The summed E-state index contributed by atoms with van der Waals surface area (Å²) in [5.41, 5.74) is 8.39. The lowest BCUT2D eigenvalue weighted by molar-refractivity contribution is 0.173. The van der Waals surface area contributed by atoms with Crippen molar-refractivity contribution in [1.82, 2.24) is 19.8 Å². The molecule has 10 nitrogen and oxygen atoms in total. The Balaban J connectivity index is 1.16. The smallest absolute Gasteiger partial charge is 0.180 e. The van der Waals surface area contributed by atoms with Crippen molar-refractivity contribution in [2.75, 3.05) is 33.3 Å². The number of β-amino-alcohol motifs (C(OH)–C–C–N with tert-alkyl or cyclic N) is 1. The summed E-state index contributed by atoms with van der Waals surface area (Å²) in [5.74, 6) is 1.99. The number of likely N-dealkylation sites (tertiary alicyclic amines) is 1. The third kappa shape index (κ3) is 9.49. The molecule has 1 aliphatic heterocycles. The molecular formula is C41H44ClN5O5. The van der Waals surface area contributed by atoms with Gasteiger partial charge in [-0.25, -0.2) is 4.98 Å². The summed E-state index contributed by atoms with van der Waals surface area (Å²) < 4.78 is 24.1. The molecular weight excluding hydrogens is 678 g/mol. The van der Waals surface area contributed by atoms with Gasteiger partial charge in [0.1, 0.15) is 42.8 Å². The summed E-state index contributed by atoms with van der Waals surface area (Å²) in [7, 11) is 1.98. The van der Waals surface area contributed by atoms with Gasteiger partial charge in [-0.2, -0.15) is 5.26 Å². The number of hydrogen-bond acceptors (Lipinski definition) is 10. The van der Waals surface area contributed by atoms with Gasteiger partial charge in [-0.1, -0.05) is 41.9 Å². The first-order valence-electron chi connectivity index (χ1n) is 17.5. The van der Waals surface area contributed by atoms with Crippen LogP contribution in [0, 0.1) is 25.2 Å². The van der Waals surface area contributed by atoms with E-state index in [1.807, 2.05) is 37.4 Å². The predicted molar refractivity (Wildman–Crippen MR) is 199 cm³/mol. The van der Waals surface area contributed by atoms with Gasteiger partial charge in [-0.3, -0.25) is 9.88 Å². The van der Waals surface area contributed by atoms with E-state index in [0.717, 1.165) is 82.9 Å². The van der Waals surface area contributed by atoms with E-state index in [4.69, 9.17) is 30.2 Å². The SMILES string of the molecule is Cc1c(COc2cc(OCc3cncc(C#N)c3)c(CN(C)Cc3cocn3)cc2Cl)cccc1-c1cccc(OCCCN2CC[C@@H](O)C2)c1C. The van der Waals surface area contributed by atoms with Crippen LogP contribution in [0.25, 0.3) is 11.1 Å². The van der Waals surface area contributed by atoms with Crippen molar-refractivity contribution in [3.8, 4) is 34.4 Å². The summed E-state index contributed by atoms with van der Waals surface area (Å²) in [6, 6.07) is 20.0. The van der Waals surface area contributed by atoms with Gasteiger partial charge in [-0.05, 0) is 79.8 Å². The highest BCUT2D eigenvalue weighted by molar-refractivity contribution is 6.32. The van der Waals surface area contributed by atoms with Crippen LogP contribution in [0.1, 0.15) is 51.9 Å². The molecule has 1 fully saturated rings. The van der Waals surface area contributed by atoms with Crippen LogP contribution in [0.2, 0.25) is 5.02 Å². The number of halogens is 1. The first kappa shape index (κ1) is 36.9. The van der Waals surface area contributed by atoms with Crippen molar-refractivity contribution >= 4 is 11.6 Å². The number of aliphatic hydroxyl groups excluding tert-OH is 1. The summed E-state index contributed by atoms with van der Waals surface area (Å²) in [4.78, 5) is 12.8. The Morgan fingerprint density at radius 1 is 0.962 bits per heavy atom. The van der Waals surface area contributed by atoms with Gasteiger partial charge in [0.15, 0.2) is 6.39 Å². The third-order valence-corrected chi connectivity index (χ3v) is 9.61. The van der Waals surface area contributed by atoms with Crippen molar-refractivity contribution in [2.45, 2.75) is 59.1 Å². The molecule has 52 heavy (non-hydrogen) atoms. The number of oxazole rings is 1. The Morgan fingerprint density at radius 2 is 1.77 bits per heavy atom. The van der Waals surface area contributed by atoms with Crippen LogP contribution in [-0.2, 0) is 26.3 Å². The molecule has 0 amide bonds. The van der Waals surface area contributed by atoms with Crippen molar-refractivity contribution in [3.05, 3.63) is 124 Å². The number of hydrogen-bond donors (Lipinski definition) is 1. The Bertz CT molecular complexity index is 2000. The maximum absolute atomic E-state index is 9.80. The molecule has 3 heterocycles. The average molecular weight is 722 g/mol. The second-order valence-corrected chi connectivity index (χ2v) is 13.7. The minimum Gasteiger partial charge on any atom is -0.493 e. The molecule has 3 aromatic carbocycles. The number of rotatable bonds is 16. The molecule has 1 saturated heterocycles. The van der Waals surface area contributed by atoms with Crippen LogP contribution in [0.3, 0.4) is 0 Å². The molecule has 0 saturated carbocycles. The van der Waals surface area contributed by atoms with Gasteiger partial charge in [0, 0.05) is 62.3 Å². The first-order chi connectivity index (χ1) is 25.3.